The molecule has 1 amide bonds. The number of rotatable bonds is 5. The van der Waals surface area contributed by atoms with Crippen molar-refractivity contribution in [1.82, 2.24) is 10.3 Å². The van der Waals surface area contributed by atoms with Crippen LogP contribution in [-0.2, 0) is 11.4 Å². The van der Waals surface area contributed by atoms with Crippen LogP contribution >= 0.6 is 11.8 Å². The fraction of sp³-hybridized carbons (Fsp3) is 0.160. The maximum absolute atomic E-state index is 13.1. The molecule has 2 aliphatic heterocycles. The Bertz CT molecular complexity index is 1360. The van der Waals surface area contributed by atoms with Crippen molar-refractivity contribution in [1.29, 1.82) is 0 Å². The van der Waals surface area contributed by atoms with E-state index in [-0.39, 0.29) is 5.91 Å². The third-order valence-corrected chi connectivity index (χ3v) is 6.01. The third kappa shape index (κ3) is 3.93. The summed E-state index contributed by atoms with van der Waals surface area (Å²) in [6.07, 6.45) is 1.28. The summed E-state index contributed by atoms with van der Waals surface area (Å²) in [5.74, 6) is 0.953. The van der Waals surface area contributed by atoms with Crippen molar-refractivity contribution >= 4 is 28.5 Å². The molecule has 3 aromatic rings. The molecule has 1 atom stereocenters. The molecule has 2 aliphatic rings. The van der Waals surface area contributed by atoms with Crippen LogP contribution in [0.25, 0.3) is 5.70 Å². The van der Waals surface area contributed by atoms with Crippen molar-refractivity contribution in [3.05, 3.63) is 94.5 Å². The van der Waals surface area contributed by atoms with E-state index in [0.717, 1.165) is 21.7 Å². The van der Waals surface area contributed by atoms with Crippen molar-refractivity contribution < 1.29 is 14.3 Å². The number of carbonyl (C=O) groups excluding carboxylic acids is 1. The van der Waals surface area contributed by atoms with Crippen LogP contribution < -0.4 is 25.4 Å². The molecule has 0 unspecified atom stereocenters. The normalized spacial score (nSPS) is 16.7. The van der Waals surface area contributed by atoms with Crippen molar-refractivity contribution in [2.75, 3.05) is 13.4 Å². The van der Waals surface area contributed by atoms with Crippen molar-refractivity contribution in [3.63, 3.8) is 0 Å². The van der Waals surface area contributed by atoms with Gasteiger partial charge in [0.15, 0.2) is 22.8 Å². The maximum atomic E-state index is 13.1. The van der Waals surface area contributed by atoms with Gasteiger partial charge in [0.2, 0.25) is 0 Å². The molecule has 166 valence electrons. The molecule has 0 aliphatic carbocycles. The van der Waals surface area contributed by atoms with E-state index in [1.807, 2.05) is 79.1 Å². The number of carbonyl (C=O) groups is 1. The lowest BCUT2D eigenvalue weighted by Crippen LogP contribution is -2.50. The van der Waals surface area contributed by atoms with Crippen LogP contribution in [0.15, 0.2) is 82.9 Å². The molecule has 2 heterocycles. The van der Waals surface area contributed by atoms with Gasteiger partial charge >= 0.3 is 0 Å². The summed E-state index contributed by atoms with van der Waals surface area (Å²) in [4.78, 5) is 18.0. The van der Waals surface area contributed by atoms with E-state index in [9.17, 15) is 4.79 Å². The number of hydrogen-bond acceptors (Lipinski definition) is 7. The van der Waals surface area contributed by atoms with Crippen LogP contribution in [0, 0.1) is 0 Å². The van der Waals surface area contributed by atoms with Gasteiger partial charge < -0.3 is 9.47 Å². The number of methoxy groups -OCH3 is 1. The Labute approximate surface area is 195 Å². The maximum Gasteiger partial charge on any atom is 0.276 e. The molecule has 0 aromatic heterocycles. The smallest absolute Gasteiger partial charge is 0.276 e. The number of nitrogens with zero attached hydrogens (tertiary/aromatic N) is 3. The average Bonchev–Trinajstić information content (AvgIpc) is 2.87. The summed E-state index contributed by atoms with van der Waals surface area (Å²) in [6, 6.07) is 23.2. The van der Waals surface area contributed by atoms with Gasteiger partial charge in [0, 0.05) is 10.8 Å². The van der Waals surface area contributed by atoms with E-state index >= 15 is 0 Å². The largest absolute Gasteiger partial charge is 0.493 e. The second-order valence-electron chi connectivity index (χ2n) is 7.43. The summed E-state index contributed by atoms with van der Waals surface area (Å²) in [7, 11) is 1.61. The van der Waals surface area contributed by atoms with Crippen LogP contribution in [0.3, 0.4) is 0 Å². The Kier molecular flexibility index (Phi) is 5.75. The lowest BCUT2D eigenvalue weighted by Gasteiger charge is -2.34. The minimum Gasteiger partial charge on any atom is -0.493 e. The number of fused-ring (bicyclic) bond motifs is 2. The predicted octanol–water partition coefficient (Wildman–Crippen LogP) is 2.78. The first-order chi connectivity index (χ1) is 16.2. The molecule has 0 radical (unpaired) electrons. The molecule has 0 bridgehead atoms. The molecule has 7 nitrogen and oxygen atoms in total. The van der Waals surface area contributed by atoms with Gasteiger partial charge in [-0.15, -0.1) is 5.10 Å². The molecule has 0 fully saturated rings. The van der Waals surface area contributed by atoms with E-state index < -0.39 is 6.17 Å². The highest BCUT2D eigenvalue weighted by atomic mass is 32.2. The first kappa shape index (κ1) is 21.1. The van der Waals surface area contributed by atoms with Crippen LogP contribution in [0.2, 0.25) is 0 Å². The molecule has 0 saturated carbocycles. The summed E-state index contributed by atoms with van der Waals surface area (Å²) in [5.41, 5.74) is 2.25. The lowest BCUT2D eigenvalue weighted by atomic mass is 10.1. The van der Waals surface area contributed by atoms with E-state index in [1.165, 1.54) is 11.8 Å². The molecule has 0 saturated heterocycles. The standard InChI is InChI=1S/C25H22N4O3S/c1-31-20-14-8-12-18(22(20)32-15-16-9-4-3-5-10-16)23-26-19-13-7-6-11-17(19)21-24(30)27-25(33-2)28-29(21)23/h3-14,23H,15H2,1-2H3,(H,27,28,30)/t23-/m1/s1. The number of hydrazone groups is 1. The highest BCUT2D eigenvalue weighted by Crippen LogP contribution is 2.40. The number of thioether (sulfide) groups is 1. The quantitative estimate of drug-likeness (QED) is 0.636. The molecule has 1 N–H and O–H groups in total. The Balaban J connectivity index is 1.66. The van der Waals surface area contributed by atoms with Gasteiger partial charge in [-0.05, 0) is 24.0 Å². The van der Waals surface area contributed by atoms with Gasteiger partial charge in [0.1, 0.15) is 12.3 Å². The summed E-state index contributed by atoms with van der Waals surface area (Å²) < 4.78 is 11.9. The number of nitrogens with one attached hydrogen (secondary N) is 1. The highest BCUT2D eigenvalue weighted by Gasteiger charge is 2.36. The zero-order valence-corrected chi connectivity index (χ0v) is 19.0. The highest BCUT2D eigenvalue weighted by molar-refractivity contribution is 8.13. The summed E-state index contributed by atoms with van der Waals surface area (Å²) in [5, 5.41) is 11.2. The second-order valence-corrected chi connectivity index (χ2v) is 8.22. The zero-order chi connectivity index (χ0) is 22.8. The first-order valence-corrected chi connectivity index (χ1v) is 11.7. The third-order valence-electron chi connectivity index (χ3n) is 5.44. The van der Waals surface area contributed by atoms with E-state index in [2.05, 4.69) is 5.32 Å². The molecular formula is C25H22N4O3S. The Morgan fingerprint density at radius 2 is 1.82 bits per heavy atom. The Morgan fingerprint density at radius 3 is 2.61 bits per heavy atom. The molecule has 8 heteroatoms. The molecule has 33 heavy (non-hydrogen) atoms. The van der Waals surface area contributed by atoms with Crippen molar-refractivity contribution in [2.24, 2.45) is 10.1 Å². The van der Waals surface area contributed by atoms with E-state index in [0.29, 0.717) is 29.0 Å². The average molecular weight is 459 g/mol. The summed E-state index contributed by atoms with van der Waals surface area (Å²) >= 11 is 1.37. The van der Waals surface area contributed by atoms with Crippen molar-refractivity contribution in [3.8, 4) is 11.5 Å². The van der Waals surface area contributed by atoms with Gasteiger partial charge in [-0.25, -0.2) is 5.01 Å². The molecule has 3 aromatic carbocycles. The number of hydrogen-bond donors (Lipinski definition) is 1. The molecular weight excluding hydrogens is 436 g/mol. The number of amidine groups is 1. The van der Waals surface area contributed by atoms with Crippen LogP contribution in [0.1, 0.15) is 17.3 Å². The topological polar surface area (TPSA) is 75.5 Å². The first-order valence-electron chi connectivity index (χ1n) is 10.4. The van der Waals surface area contributed by atoms with Crippen LogP contribution in [0.5, 0.6) is 11.5 Å². The van der Waals surface area contributed by atoms with Crippen LogP contribution in [-0.4, -0.2) is 29.4 Å². The Morgan fingerprint density at radius 1 is 1.03 bits per heavy atom. The predicted molar refractivity (Wildman–Crippen MR) is 128 cm³/mol. The van der Waals surface area contributed by atoms with Gasteiger partial charge in [-0.1, -0.05) is 72.4 Å². The minimum absolute atomic E-state index is 0.212. The summed E-state index contributed by atoms with van der Waals surface area (Å²) in [6.45, 7) is 0.369. The van der Waals surface area contributed by atoms with Gasteiger partial charge in [0.05, 0.1) is 12.5 Å². The monoisotopic (exact) mass is 458 g/mol. The fourth-order valence-electron chi connectivity index (χ4n) is 3.90. The van der Waals surface area contributed by atoms with E-state index in [4.69, 9.17) is 19.6 Å². The number of amides is 1. The molecule has 0 spiro atoms. The fourth-order valence-corrected chi connectivity index (χ4v) is 4.27. The van der Waals surface area contributed by atoms with Crippen LogP contribution in [0.4, 0.5) is 0 Å². The van der Waals surface area contributed by atoms with Gasteiger partial charge in [-0.3, -0.25) is 15.1 Å². The lowest BCUT2D eigenvalue weighted by molar-refractivity contribution is -0.116. The second kappa shape index (κ2) is 8.99. The molecule has 5 rings (SSSR count). The van der Waals surface area contributed by atoms with Gasteiger partial charge in [0.25, 0.3) is 5.91 Å². The number of ether oxygens (including phenoxy) is 2. The minimum atomic E-state index is -0.594. The number of benzene rings is 3. The van der Waals surface area contributed by atoms with Gasteiger partial charge in [-0.2, -0.15) is 0 Å². The number of para-hydroxylation sites is 2. The Hall–Kier alpha value is -3.78. The zero-order valence-electron chi connectivity index (χ0n) is 18.2. The van der Waals surface area contributed by atoms with E-state index in [1.54, 1.807) is 12.1 Å². The SMILES string of the molecule is COc1cccc([C@@H]2N=c3ccccc3=C3C(=O)NC(SC)=NN32)c1OCc1ccccc1. The van der Waals surface area contributed by atoms with Crippen molar-refractivity contribution in [2.45, 2.75) is 12.8 Å².